The third-order valence-electron chi connectivity index (χ3n) is 13.3. The van der Waals surface area contributed by atoms with Crippen molar-refractivity contribution in [2.24, 2.45) is 10.4 Å². The van der Waals surface area contributed by atoms with Gasteiger partial charge in [-0.2, -0.15) is 0 Å². The lowest BCUT2D eigenvalue weighted by molar-refractivity contribution is 0.101. The van der Waals surface area contributed by atoms with E-state index in [1.807, 2.05) is 71.0 Å². The Balaban J connectivity index is 1.36. The molecule has 1 heterocycles. The van der Waals surface area contributed by atoms with Gasteiger partial charge in [0.05, 0.1) is 24.8 Å². The summed E-state index contributed by atoms with van der Waals surface area (Å²) >= 11 is 0. The predicted molar refractivity (Wildman–Crippen MR) is 248 cm³/mol. The van der Waals surface area contributed by atoms with Crippen molar-refractivity contribution in [2.75, 3.05) is 6.61 Å². The average Bonchev–Trinajstić information content (AvgIpc) is 4.00. The summed E-state index contributed by atoms with van der Waals surface area (Å²) in [6, 6.07) is 19.0. The maximum absolute atomic E-state index is 17.1. The van der Waals surface area contributed by atoms with Gasteiger partial charge >= 0.3 is 0 Å². The van der Waals surface area contributed by atoms with Crippen LogP contribution in [0.5, 0.6) is 0 Å². The van der Waals surface area contributed by atoms with E-state index in [9.17, 15) is 13.2 Å². The normalized spacial score (nSPS) is 14.0. The zero-order valence-electron chi connectivity index (χ0n) is 40.0. The number of benzene rings is 7. The summed E-state index contributed by atoms with van der Waals surface area (Å²) in [6.07, 6.45) is -7.24. The zero-order valence-corrected chi connectivity index (χ0v) is 40.9. The summed E-state index contributed by atoms with van der Waals surface area (Å²) in [5.41, 5.74) is -13.9. The smallest absolute Gasteiger partial charge is 0.217 e. The highest BCUT2D eigenvalue weighted by molar-refractivity contribution is 7.80. The Morgan fingerprint density at radius 1 is 0.468 bits per heavy atom. The fourth-order valence-corrected chi connectivity index (χ4v) is 12.2. The first-order valence-corrected chi connectivity index (χ1v) is 23.9. The highest BCUT2D eigenvalue weighted by Crippen LogP contribution is 2.39. The fraction of sp³-hybridized carbons (Fsp3) is 0.189. The number of hydrogen-bond donors (Lipinski definition) is 0. The molecule has 1 aliphatic rings. The van der Waals surface area contributed by atoms with Crippen LogP contribution in [0.15, 0.2) is 71.7 Å². The molecule has 7 aromatic rings. The molecule has 0 unspecified atom stereocenters. The quantitative estimate of drug-likeness (QED) is 0.0401. The van der Waals surface area contributed by atoms with E-state index in [4.69, 9.17) is 14.5 Å². The van der Waals surface area contributed by atoms with Crippen LogP contribution in [0.3, 0.4) is 0 Å². The summed E-state index contributed by atoms with van der Waals surface area (Å²) in [5.74, 6) is -65.5. The van der Waals surface area contributed by atoms with Crippen LogP contribution in [0.4, 0.5) is 83.4 Å². The van der Waals surface area contributed by atoms with Crippen molar-refractivity contribution in [1.29, 1.82) is 0 Å². The molecule has 8 rings (SSSR count). The van der Waals surface area contributed by atoms with Gasteiger partial charge in [-0.25, -0.2) is 88.4 Å². The van der Waals surface area contributed by atoms with E-state index in [2.05, 4.69) is 0 Å². The summed E-state index contributed by atoms with van der Waals surface area (Å²) in [6.45, 7) is 7.34. The second kappa shape index (κ2) is 20.8. The molecule has 7 aromatic carbocycles. The standard InChI is InChI=1S/C53H33BF19NO2P/c1-20-10-6-8-12-25(20)77(26-13-9-7-11-21(26)2)27-16-22(14-15-23(27)52-74-28(19-76-52)53(3,4)5)17-75-18-24-33(55)35(57)29(36(58)34(24)56)54(30-37(59)43(65)49(71)44(66)38(30)60,31-39(61)45(67)50(72)46(68)40(31)62)32-41(63)47(69)51(73)48(70)42(32)64/h6-16,28H,17-19H2,1-5H3/q-1/t28-/m1/s1. The Bertz CT molecular complexity index is 3290. The van der Waals surface area contributed by atoms with Crippen LogP contribution >= 0.6 is 7.92 Å². The van der Waals surface area contributed by atoms with E-state index in [1.54, 1.807) is 24.3 Å². The highest BCUT2D eigenvalue weighted by Gasteiger charge is 2.52. The topological polar surface area (TPSA) is 30.8 Å². The number of nitrogens with zero attached hydrogens (tertiary/aromatic N) is 1. The van der Waals surface area contributed by atoms with Gasteiger partial charge in [0.15, 0.2) is 64.0 Å². The number of aliphatic imine (C=N–C) groups is 1. The molecule has 0 N–H and O–H groups in total. The lowest BCUT2D eigenvalue weighted by Crippen LogP contribution is -2.81. The summed E-state index contributed by atoms with van der Waals surface area (Å²) in [5, 5.41) is 2.26. The molecule has 0 radical (unpaired) electrons. The number of halogens is 19. The number of rotatable bonds is 12. The van der Waals surface area contributed by atoms with Gasteiger partial charge in [0.2, 0.25) is 5.90 Å². The number of hydrogen-bond acceptors (Lipinski definition) is 3. The molecule has 0 saturated heterocycles. The lowest BCUT2D eigenvalue weighted by atomic mass is 9.12. The van der Waals surface area contributed by atoms with Gasteiger partial charge in [-0.05, 0) is 71.9 Å². The third kappa shape index (κ3) is 9.09. The summed E-state index contributed by atoms with van der Waals surface area (Å²) in [7, 11) is -1.56. The van der Waals surface area contributed by atoms with Crippen molar-refractivity contribution in [3.63, 3.8) is 0 Å². The largest absolute Gasteiger partial charge is 0.475 e. The van der Waals surface area contributed by atoms with Crippen molar-refractivity contribution in [2.45, 2.75) is 53.9 Å². The molecule has 3 nitrogen and oxygen atoms in total. The van der Waals surface area contributed by atoms with Crippen molar-refractivity contribution in [3.05, 3.63) is 205 Å². The second-order valence-corrected chi connectivity index (χ2v) is 21.0. The van der Waals surface area contributed by atoms with E-state index < -0.39 is 165 Å². The van der Waals surface area contributed by atoms with Gasteiger partial charge < -0.3 is 9.47 Å². The minimum atomic E-state index is -7.24. The van der Waals surface area contributed by atoms with Gasteiger partial charge in [0, 0.05) is 5.56 Å². The van der Waals surface area contributed by atoms with E-state index >= 15 is 70.2 Å². The molecule has 1 aliphatic heterocycles. The molecule has 77 heavy (non-hydrogen) atoms. The minimum absolute atomic E-state index is 0.161. The molecule has 24 heteroatoms. The molecule has 404 valence electrons. The Morgan fingerprint density at radius 3 is 1.17 bits per heavy atom. The lowest BCUT2D eigenvalue weighted by Gasteiger charge is -2.45. The van der Waals surface area contributed by atoms with Gasteiger partial charge in [0.1, 0.15) is 59.3 Å². The van der Waals surface area contributed by atoms with Gasteiger partial charge in [-0.15, -0.1) is 21.9 Å². The van der Waals surface area contributed by atoms with Crippen molar-refractivity contribution >= 4 is 57.7 Å². The van der Waals surface area contributed by atoms with Crippen LogP contribution in [-0.2, 0) is 22.7 Å². The van der Waals surface area contributed by atoms with Crippen LogP contribution in [0.2, 0.25) is 0 Å². The molecule has 0 aliphatic carbocycles. The minimum Gasteiger partial charge on any atom is -0.475 e. The maximum Gasteiger partial charge on any atom is 0.217 e. The summed E-state index contributed by atoms with van der Waals surface area (Å²) < 4.78 is 311. The molecule has 0 spiro atoms. The molecule has 0 aromatic heterocycles. The average molecular weight is 1120 g/mol. The van der Waals surface area contributed by atoms with Crippen molar-refractivity contribution in [1.82, 2.24) is 0 Å². The molecular formula is C53H33BF19NO2P-. The van der Waals surface area contributed by atoms with Gasteiger partial charge in [0.25, 0.3) is 0 Å². The van der Waals surface area contributed by atoms with Gasteiger partial charge in [-0.1, -0.05) is 75.4 Å². The number of ether oxygens (including phenoxy) is 2. The fourth-order valence-electron chi connectivity index (χ4n) is 9.36. The van der Waals surface area contributed by atoms with Crippen LogP contribution in [-0.4, -0.2) is 24.7 Å². The van der Waals surface area contributed by atoms with Gasteiger partial charge in [-0.3, -0.25) is 0 Å². The second-order valence-electron chi connectivity index (χ2n) is 18.8. The van der Waals surface area contributed by atoms with E-state index in [1.165, 1.54) is 6.07 Å². The monoisotopic (exact) mass is 1120 g/mol. The first-order chi connectivity index (χ1) is 36.1. The first-order valence-electron chi connectivity index (χ1n) is 22.5. The Labute approximate surface area is 425 Å². The number of aryl methyl sites for hydroxylation is 2. The molecule has 0 fully saturated rings. The Morgan fingerprint density at radius 2 is 0.818 bits per heavy atom. The molecule has 1 atom stereocenters. The molecule has 0 bridgehead atoms. The third-order valence-corrected chi connectivity index (χ3v) is 16.1. The zero-order chi connectivity index (χ0) is 56.7. The molecular weight excluding hydrogens is 1090 g/mol. The first kappa shape index (κ1) is 56.3. The van der Waals surface area contributed by atoms with Crippen LogP contribution in [0.25, 0.3) is 0 Å². The Hall–Kier alpha value is -6.87. The summed E-state index contributed by atoms with van der Waals surface area (Å²) in [4.78, 5) is 4.85. The van der Waals surface area contributed by atoms with Crippen LogP contribution < -0.4 is 37.8 Å². The SMILES string of the molecule is Cc1ccccc1P(c1ccccc1C)c1cc(COCc2c(F)c(F)c([B-](c3c(F)c(F)c(F)c(F)c3F)(c3c(F)c(F)c(F)c(F)c3F)c3c(F)c(F)c(F)c(F)c3F)c(F)c2F)ccc1C1=N[C@@H](C(C)(C)C)CO1. The predicted octanol–water partition coefficient (Wildman–Crippen LogP) is 11.0. The van der Waals surface area contributed by atoms with Crippen molar-refractivity contribution < 1.29 is 92.9 Å². The van der Waals surface area contributed by atoms with E-state index in [0.717, 1.165) is 21.7 Å². The van der Waals surface area contributed by atoms with E-state index in [0.29, 0.717) is 10.9 Å². The molecule has 0 saturated carbocycles. The molecule has 0 amide bonds. The van der Waals surface area contributed by atoms with E-state index in [-0.39, 0.29) is 29.5 Å². The maximum atomic E-state index is 17.1. The Kier molecular flexibility index (Phi) is 15.2. The van der Waals surface area contributed by atoms with Crippen molar-refractivity contribution in [3.8, 4) is 0 Å². The van der Waals surface area contributed by atoms with Crippen LogP contribution in [0.1, 0.15) is 48.6 Å². The highest BCUT2D eigenvalue weighted by atomic mass is 31.1. The van der Waals surface area contributed by atoms with Crippen LogP contribution in [0, 0.1) is 130 Å².